The van der Waals surface area contributed by atoms with Gasteiger partial charge in [-0.1, -0.05) is 0 Å². The SMILES string of the molecule is C1CSCSCCN1.Cl.Cl. The number of nitrogens with one attached hydrogen (secondary N) is 1. The van der Waals surface area contributed by atoms with E-state index in [0.29, 0.717) is 0 Å². The Morgan fingerprint density at radius 2 is 1.40 bits per heavy atom. The van der Waals surface area contributed by atoms with E-state index < -0.39 is 0 Å². The van der Waals surface area contributed by atoms with Gasteiger partial charge in [-0.15, -0.1) is 48.3 Å². The highest BCUT2D eigenvalue weighted by Crippen LogP contribution is 2.11. The van der Waals surface area contributed by atoms with Crippen LogP contribution in [0.4, 0.5) is 0 Å². The van der Waals surface area contributed by atoms with Crippen LogP contribution in [0.1, 0.15) is 0 Å². The van der Waals surface area contributed by atoms with Gasteiger partial charge >= 0.3 is 0 Å². The molecule has 0 aromatic rings. The van der Waals surface area contributed by atoms with Gasteiger partial charge in [0.1, 0.15) is 0 Å². The summed E-state index contributed by atoms with van der Waals surface area (Å²) < 4.78 is 0. The fourth-order valence-electron chi connectivity index (χ4n) is 0.590. The van der Waals surface area contributed by atoms with Crippen LogP contribution in [-0.4, -0.2) is 29.7 Å². The van der Waals surface area contributed by atoms with Crippen LogP contribution in [0.3, 0.4) is 0 Å². The Morgan fingerprint density at radius 3 is 1.90 bits per heavy atom. The Labute approximate surface area is 83.3 Å². The Bertz CT molecular complexity index is 41.6. The highest BCUT2D eigenvalue weighted by Gasteiger charge is 1.94. The lowest BCUT2D eigenvalue weighted by Crippen LogP contribution is -2.21. The van der Waals surface area contributed by atoms with Crippen molar-refractivity contribution in [3.63, 3.8) is 0 Å². The molecule has 1 nitrogen and oxygen atoms in total. The molecule has 0 aromatic heterocycles. The van der Waals surface area contributed by atoms with Crippen LogP contribution in [0.15, 0.2) is 0 Å². The molecule has 5 heteroatoms. The molecule has 1 saturated heterocycles. The van der Waals surface area contributed by atoms with E-state index in [1.54, 1.807) is 0 Å². The first-order valence-electron chi connectivity index (χ1n) is 2.86. The van der Waals surface area contributed by atoms with E-state index in [1.807, 2.05) is 23.5 Å². The summed E-state index contributed by atoms with van der Waals surface area (Å²) in [5.41, 5.74) is 0. The van der Waals surface area contributed by atoms with Crippen LogP contribution in [0.5, 0.6) is 0 Å². The van der Waals surface area contributed by atoms with Crippen LogP contribution < -0.4 is 5.32 Å². The number of hydrogen-bond donors (Lipinski definition) is 1. The molecule has 1 aliphatic heterocycles. The molecule has 0 bridgehead atoms. The second-order valence-electron chi connectivity index (χ2n) is 1.68. The minimum Gasteiger partial charge on any atom is -0.315 e. The summed E-state index contributed by atoms with van der Waals surface area (Å²) in [5, 5.41) is 4.64. The van der Waals surface area contributed by atoms with E-state index in [2.05, 4.69) is 5.32 Å². The first kappa shape index (κ1) is 13.8. The molecule has 0 amide bonds. The Morgan fingerprint density at radius 1 is 0.900 bits per heavy atom. The van der Waals surface area contributed by atoms with Gasteiger partial charge in [-0.3, -0.25) is 0 Å². The van der Waals surface area contributed by atoms with Crippen molar-refractivity contribution in [2.75, 3.05) is 29.7 Å². The second-order valence-corrected chi connectivity index (χ2v) is 4.26. The number of halogens is 2. The van der Waals surface area contributed by atoms with Gasteiger partial charge in [0.05, 0.1) is 0 Å². The molecule has 0 atom stereocenters. The van der Waals surface area contributed by atoms with Crippen LogP contribution in [0, 0.1) is 0 Å². The van der Waals surface area contributed by atoms with Gasteiger partial charge in [0.25, 0.3) is 0 Å². The molecule has 0 aromatic carbocycles. The van der Waals surface area contributed by atoms with E-state index in [9.17, 15) is 0 Å². The number of rotatable bonds is 0. The maximum atomic E-state index is 3.35. The topological polar surface area (TPSA) is 12.0 Å². The van der Waals surface area contributed by atoms with Crippen LogP contribution in [0.25, 0.3) is 0 Å². The predicted octanol–water partition coefficient (Wildman–Crippen LogP) is 1.86. The van der Waals surface area contributed by atoms with E-state index >= 15 is 0 Å². The molecule has 10 heavy (non-hydrogen) atoms. The fourth-order valence-corrected chi connectivity index (χ4v) is 2.58. The van der Waals surface area contributed by atoms with E-state index in [1.165, 1.54) is 29.7 Å². The lowest BCUT2D eigenvalue weighted by atomic mass is 10.7. The zero-order chi connectivity index (χ0) is 5.66. The lowest BCUT2D eigenvalue weighted by Gasteiger charge is -2.07. The average molecular weight is 222 g/mol. The Hall–Kier alpha value is 1.24. The molecule has 1 heterocycles. The van der Waals surface area contributed by atoms with Gasteiger partial charge in [-0.2, -0.15) is 0 Å². The molecule has 1 rings (SSSR count). The molecule has 0 aliphatic carbocycles. The monoisotopic (exact) mass is 221 g/mol. The summed E-state index contributed by atoms with van der Waals surface area (Å²) in [4.78, 5) is 0. The quantitative estimate of drug-likeness (QED) is 0.672. The summed E-state index contributed by atoms with van der Waals surface area (Å²) in [6.07, 6.45) is 0. The fraction of sp³-hybridized carbons (Fsp3) is 1.00. The normalized spacial score (nSPS) is 19.2. The second kappa shape index (κ2) is 10.2. The summed E-state index contributed by atoms with van der Waals surface area (Å²) >= 11 is 4.06. The number of thioether (sulfide) groups is 2. The highest BCUT2D eigenvalue weighted by atomic mass is 35.5. The Kier molecular flexibility index (Phi) is 14.1. The summed E-state index contributed by atoms with van der Waals surface area (Å²) in [6, 6.07) is 0. The van der Waals surface area contributed by atoms with Crippen molar-refractivity contribution in [3.8, 4) is 0 Å². The van der Waals surface area contributed by atoms with Crippen molar-refractivity contribution < 1.29 is 0 Å². The van der Waals surface area contributed by atoms with Gasteiger partial charge in [0.2, 0.25) is 0 Å². The zero-order valence-electron chi connectivity index (χ0n) is 5.67. The minimum atomic E-state index is 0. The molecular formula is C5H13Cl2NS2. The molecule has 0 spiro atoms. The minimum absolute atomic E-state index is 0. The van der Waals surface area contributed by atoms with Crippen molar-refractivity contribution >= 4 is 48.3 Å². The average Bonchev–Trinajstić information content (AvgIpc) is 1.62. The third kappa shape index (κ3) is 7.35. The predicted molar refractivity (Wildman–Crippen MR) is 57.1 cm³/mol. The third-order valence-corrected chi connectivity index (χ3v) is 3.33. The standard InChI is InChI=1S/C5H11NS2.2ClH/c1-3-7-5-8-4-2-6-1;;/h6H,1-5H2;2*1H. The molecule has 1 aliphatic rings. The van der Waals surface area contributed by atoms with Crippen molar-refractivity contribution in [1.29, 1.82) is 0 Å². The molecule has 1 N–H and O–H groups in total. The molecule has 0 saturated carbocycles. The zero-order valence-corrected chi connectivity index (χ0v) is 8.93. The third-order valence-electron chi connectivity index (χ3n) is 1.01. The van der Waals surface area contributed by atoms with E-state index in [4.69, 9.17) is 0 Å². The summed E-state index contributed by atoms with van der Waals surface area (Å²) in [5.74, 6) is 2.57. The summed E-state index contributed by atoms with van der Waals surface area (Å²) in [7, 11) is 0. The van der Waals surface area contributed by atoms with E-state index in [0.717, 1.165) is 0 Å². The van der Waals surface area contributed by atoms with E-state index in [-0.39, 0.29) is 24.8 Å². The largest absolute Gasteiger partial charge is 0.315 e. The van der Waals surface area contributed by atoms with Gasteiger partial charge in [0.15, 0.2) is 0 Å². The van der Waals surface area contributed by atoms with Gasteiger partial charge in [-0.25, -0.2) is 0 Å². The number of hydrogen-bond acceptors (Lipinski definition) is 3. The molecule has 64 valence electrons. The van der Waals surface area contributed by atoms with Gasteiger partial charge in [0, 0.05) is 29.7 Å². The molecule has 1 fully saturated rings. The molecule has 0 unspecified atom stereocenters. The van der Waals surface area contributed by atoms with Crippen molar-refractivity contribution in [2.45, 2.75) is 0 Å². The van der Waals surface area contributed by atoms with Crippen LogP contribution in [-0.2, 0) is 0 Å². The first-order valence-corrected chi connectivity index (χ1v) is 5.17. The molecular weight excluding hydrogens is 209 g/mol. The van der Waals surface area contributed by atoms with Crippen molar-refractivity contribution in [2.24, 2.45) is 0 Å². The highest BCUT2D eigenvalue weighted by molar-refractivity contribution is 8.16. The van der Waals surface area contributed by atoms with Gasteiger partial charge in [-0.05, 0) is 0 Å². The maximum Gasteiger partial charge on any atom is 0.0393 e. The Balaban J connectivity index is 0. The molecule has 0 radical (unpaired) electrons. The van der Waals surface area contributed by atoms with Crippen molar-refractivity contribution in [3.05, 3.63) is 0 Å². The maximum absolute atomic E-state index is 3.35. The lowest BCUT2D eigenvalue weighted by molar-refractivity contribution is 0.773. The smallest absolute Gasteiger partial charge is 0.0393 e. The van der Waals surface area contributed by atoms with Crippen LogP contribution >= 0.6 is 48.3 Å². The van der Waals surface area contributed by atoms with Crippen LogP contribution in [0.2, 0.25) is 0 Å². The van der Waals surface area contributed by atoms with Gasteiger partial charge < -0.3 is 5.32 Å². The van der Waals surface area contributed by atoms with Crippen molar-refractivity contribution in [1.82, 2.24) is 5.32 Å². The summed E-state index contributed by atoms with van der Waals surface area (Å²) in [6.45, 7) is 2.40. The first-order chi connectivity index (χ1) is 4.00.